The van der Waals surface area contributed by atoms with Crippen molar-refractivity contribution >= 4 is 5.69 Å². The lowest BCUT2D eigenvalue weighted by atomic mass is 10.2. The van der Waals surface area contributed by atoms with Crippen LogP contribution in [-0.2, 0) is 0 Å². The zero-order valence-corrected chi connectivity index (χ0v) is 9.94. The van der Waals surface area contributed by atoms with Gasteiger partial charge in [-0.05, 0) is 32.8 Å². The Morgan fingerprint density at radius 3 is 2.88 bits per heavy atom. The molecule has 16 heavy (non-hydrogen) atoms. The zero-order chi connectivity index (χ0) is 11.8. The van der Waals surface area contributed by atoms with Gasteiger partial charge in [0.2, 0.25) is 5.88 Å². The number of aliphatic hydroxyl groups excluding tert-OH is 1. The second kappa shape index (κ2) is 7.06. The highest BCUT2D eigenvalue weighted by atomic mass is 16.5. The van der Waals surface area contributed by atoms with E-state index in [1.807, 2.05) is 19.1 Å². The molecule has 0 aliphatic heterocycles. The highest BCUT2D eigenvalue weighted by molar-refractivity contribution is 5.42. The summed E-state index contributed by atoms with van der Waals surface area (Å²) in [6.45, 7) is 4.90. The van der Waals surface area contributed by atoms with E-state index in [9.17, 15) is 0 Å². The minimum atomic E-state index is 0.244. The number of nitrogens with zero attached hydrogens (tertiary/aromatic N) is 1. The predicted octanol–water partition coefficient (Wildman–Crippen LogP) is 2.05. The van der Waals surface area contributed by atoms with Crippen LogP contribution in [0.4, 0.5) is 5.69 Å². The summed E-state index contributed by atoms with van der Waals surface area (Å²) < 4.78 is 5.26. The fourth-order valence-corrected chi connectivity index (χ4v) is 1.45. The number of anilines is 1. The van der Waals surface area contributed by atoms with Crippen molar-refractivity contribution in [3.05, 3.63) is 18.3 Å². The van der Waals surface area contributed by atoms with Gasteiger partial charge in [-0.2, -0.15) is 0 Å². The van der Waals surface area contributed by atoms with Crippen LogP contribution in [0.25, 0.3) is 0 Å². The second-order valence-corrected chi connectivity index (χ2v) is 3.73. The first kappa shape index (κ1) is 12.8. The Bertz CT molecular complexity index is 288. The molecule has 1 aromatic heterocycles. The molecule has 1 unspecified atom stereocenters. The van der Waals surface area contributed by atoms with Gasteiger partial charge in [0.05, 0.1) is 18.5 Å². The van der Waals surface area contributed by atoms with Gasteiger partial charge in [-0.1, -0.05) is 0 Å². The van der Waals surface area contributed by atoms with Crippen LogP contribution >= 0.6 is 0 Å². The van der Waals surface area contributed by atoms with Crippen molar-refractivity contribution < 1.29 is 9.84 Å². The molecule has 4 heteroatoms. The first-order valence-corrected chi connectivity index (χ1v) is 5.72. The molecule has 0 spiro atoms. The first-order chi connectivity index (χ1) is 7.76. The molecule has 1 aromatic rings. The number of hydrogen-bond donors (Lipinski definition) is 2. The third kappa shape index (κ3) is 4.49. The van der Waals surface area contributed by atoms with Gasteiger partial charge in [-0.15, -0.1) is 0 Å². The molecule has 1 atom stereocenters. The molecular weight excluding hydrogens is 204 g/mol. The molecule has 0 fully saturated rings. The number of rotatable bonds is 7. The number of aliphatic hydroxyl groups is 1. The average Bonchev–Trinajstić information content (AvgIpc) is 2.29. The van der Waals surface area contributed by atoms with Crippen LogP contribution in [0.5, 0.6) is 5.88 Å². The van der Waals surface area contributed by atoms with Gasteiger partial charge in [0, 0.05) is 18.7 Å². The number of hydrogen-bond acceptors (Lipinski definition) is 4. The third-order valence-electron chi connectivity index (χ3n) is 2.24. The van der Waals surface area contributed by atoms with Gasteiger partial charge in [0.1, 0.15) is 0 Å². The Hall–Kier alpha value is -1.29. The van der Waals surface area contributed by atoms with Crippen LogP contribution in [0.1, 0.15) is 26.7 Å². The van der Waals surface area contributed by atoms with Crippen LogP contribution in [-0.4, -0.2) is 29.3 Å². The SMILES string of the molecule is CCOc1ccc(NC(C)CCCO)cn1. The fraction of sp³-hybridized carbons (Fsp3) is 0.583. The van der Waals surface area contributed by atoms with Gasteiger partial charge in [-0.25, -0.2) is 4.98 Å². The summed E-state index contributed by atoms with van der Waals surface area (Å²) in [6.07, 6.45) is 3.53. The molecule has 0 saturated heterocycles. The maximum atomic E-state index is 8.72. The number of ether oxygens (including phenoxy) is 1. The number of nitrogens with one attached hydrogen (secondary N) is 1. The largest absolute Gasteiger partial charge is 0.478 e. The molecule has 0 bridgehead atoms. The standard InChI is InChI=1S/C12H20N2O2/c1-3-16-12-7-6-11(9-13-12)14-10(2)5-4-8-15/h6-7,9-10,14-15H,3-5,8H2,1-2H3. The summed E-state index contributed by atoms with van der Waals surface area (Å²) in [5, 5.41) is 12.0. The van der Waals surface area contributed by atoms with E-state index < -0.39 is 0 Å². The summed E-state index contributed by atoms with van der Waals surface area (Å²) in [7, 11) is 0. The lowest BCUT2D eigenvalue weighted by molar-refractivity contribution is 0.282. The molecule has 1 rings (SSSR count). The Balaban J connectivity index is 2.41. The van der Waals surface area contributed by atoms with Gasteiger partial charge < -0.3 is 15.2 Å². The summed E-state index contributed by atoms with van der Waals surface area (Å²) in [4.78, 5) is 4.17. The van der Waals surface area contributed by atoms with Crippen LogP contribution < -0.4 is 10.1 Å². The van der Waals surface area contributed by atoms with E-state index in [1.165, 1.54) is 0 Å². The van der Waals surface area contributed by atoms with E-state index in [1.54, 1.807) is 6.20 Å². The summed E-state index contributed by atoms with van der Waals surface area (Å²) in [5.41, 5.74) is 0.980. The van der Waals surface area contributed by atoms with Crippen molar-refractivity contribution in [3.8, 4) is 5.88 Å². The zero-order valence-electron chi connectivity index (χ0n) is 9.94. The molecule has 0 aliphatic rings. The van der Waals surface area contributed by atoms with E-state index in [2.05, 4.69) is 17.2 Å². The van der Waals surface area contributed by atoms with Crippen molar-refractivity contribution in [3.63, 3.8) is 0 Å². The molecule has 0 aliphatic carbocycles. The highest BCUT2D eigenvalue weighted by Gasteiger charge is 2.02. The van der Waals surface area contributed by atoms with E-state index in [0.29, 0.717) is 18.5 Å². The van der Waals surface area contributed by atoms with Crippen LogP contribution in [0.15, 0.2) is 18.3 Å². The Morgan fingerprint density at radius 1 is 1.50 bits per heavy atom. The lowest BCUT2D eigenvalue weighted by Crippen LogP contribution is -2.15. The van der Waals surface area contributed by atoms with E-state index >= 15 is 0 Å². The van der Waals surface area contributed by atoms with E-state index in [0.717, 1.165) is 18.5 Å². The topological polar surface area (TPSA) is 54.4 Å². The minimum Gasteiger partial charge on any atom is -0.478 e. The molecule has 1 heterocycles. The quantitative estimate of drug-likeness (QED) is 0.744. The Morgan fingerprint density at radius 2 is 2.31 bits per heavy atom. The van der Waals surface area contributed by atoms with E-state index in [-0.39, 0.29) is 6.61 Å². The smallest absolute Gasteiger partial charge is 0.213 e. The maximum Gasteiger partial charge on any atom is 0.213 e. The third-order valence-corrected chi connectivity index (χ3v) is 2.24. The van der Waals surface area contributed by atoms with Crippen molar-refractivity contribution in [1.82, 2.24) is 4.98 Å². The average molecular weight is 224 g/mol. The highest BCUT2D eigenvalue weighted by Crippen LogP contribution is 2.13. The van der Waals surface area contributed by atoms with Crippen molar-refractivity contribution in [1.29, 1.82) is 0 Å². The molecule has 0 aromatic carbocycles. The Kier molecular flexibility index (Phi) is 5.64. The summed E-state index contributed by atoms with van der Waals surface area (Å²) >= 11 is 0. The van der Waals surface area contributed by atoms with Crippen LogP contribution in [0.2, 0.25) is 0 Å². The van der Waals surface area contributed by atoms with Crippen molar-refractivity contribution in [2.24, 2.45) is 0 Å². The molecule has 0 amide bonds. The second-order valence-electron chi connectivity index (χ2n) is 3.73. The van der Waals surface area contributed by atoms with Gasteiger partial charge in [-0.3, -0.25) is 0 Å². The number of pyridine rings is 1. The lowest BCUT2D eigenvalue weighted by Gasteiger charge is -2.14. The monoisotopic (exact) mass is 224 g/mol. The summed E-state index contributed by atoms with van der Waals surface area (Å²) in [6, 6.07) is 4.14. The van der Waals surface area contributed by atoms with Crippen molar-refractivity contribution in [2.45, 2.75) is 32.7 Å². The predicted molar refractivity (Wildman–Crippen MR) is 64.8 cm³/mol. The normalized spacial score (nSPS) is 12.2. The summed E-state index contributed by atoms with van der Waals surface area (Å²) in [5.74, 6) is 0.649. The Labute approximate surface area is 96.7 Å². The molecule has 0 radical (unpaired) electrons. The van der Waals surface area contributed by atoms with Gasteiger partial charge >= 0.3 is 0 Å². The van der Waals surface area contributed by atoms with Crippen molar-refractivity contribution in [2.75, 3.05) is 18.5 Å². The van der Waals surface area contributed by atoms with Gasteiger partial charge in [0.25, 0.3) is 0 Å². The molecule has 90 valence electrons. The van der Waals surface area contributed by atoms with Crippen LogP contribution in [0, 0.1) is 0 Å². The fourth-order valence-electron chi connectivity index (χ4n) is 1.45. The first-order valence-electron chi connectivity index (χ1n) is 5.72. The van der Waals surface area contributed by atoms with Gasteiger partial charge in [0.15, 0.2) is 0 Å². The molecular formula is C12H20N2O2. The minimum absolute atomic E-state index is 0.244. The van der Waals surface area contributed by atoms with Crippen LogP contribution in [0.3, 0.4) is 0 Å². The van der Waals surface area contributed by atoms with E-state index in [4.69, 9.17) is 9.84 Å². The maximum absolute atomic E-state index is 8.72. The molecule has 2 N–H and O–H groups in total. The molecule has 4 nitrogen and oxygen atoms in total. The molecule has 0 saturated carbocycles. The number of aromatic nitrogens is 1.